The maximum Gasteiger partial charge on any atom is 0.309 e. The number of hydrogen-bond acceptors (Lipinski definition) is 2. The number of nitrogens with one attached hydrogen (secondary N) is 2. The minimum atomic E-state index is -0.470. The molecule has 2 N–H and O–H groups in total. The monoisotopic (exact) mass is 296 g/mol. The molecular weight excluding hydrogens is 264 g/mol. The molecule has 0 heterocycles. The highest BCUT2D eigenvalue weighted by Gasteiger charge is 2.25. The van der Waals surface area contributed by atoms with Gasteiger partial charge in [0.25, 0.3) is 0 Å². The highest BCUT2D eigenvalue weighted by molar-refractivity contribution is 6.35. The summed E-state index contributed by atoms with van der Waals surface area (Å²) in [7, 11) is 0. The molecule has 122 valence electrons. The van der Waals surface area contributed by atoms with Gasteiger partial charge in [0.15, 0.2) is 0 Å². The van der Waals surface area contributed by atoms with E-state index in [1.165, 1.54) is 19.3 Å². The zero-order valence-corrected chi connectivity index (χ0v) is 13.9. The van der Waals surface area contributed by atoms with Gasteiger partial charge in [0.05, 0.1) is 0 Å². The Morgan fingerprint density at radius 2 is 1.86 bits per heavy atom. The predicted molar refractivity (Wildman–Crippen MR) is 85.9 cm³/mol. The number of hydrogen-bond donors (Lipinski definition) is 2. The van der Waals surface area contributed by atoms with Crippen LogP contribution >= 0.6 is 0 Å². The van der Waals surface area contributed by atoms with Crippen LogP contribution in [0.1, 0.15) is 72.1 Å². The van der Waals surface area contributed by atoms with E-state index in [2.05, 4.69) is 31.4 Å². The van der Waals surface area contributed by atoms with Gasteiger partial charge in [-0.05, 0) is 31.1 Å². The standard InChI is InChI=1S/C17H32N2O2/c1-4-6-10-14(5-2)12-18-16(20)17(21)19-15-11-8-7-9-13(15)3/h13-15H,4-12H2,1-3H3,(H,18,20)(H,19,21)/t13-,14+,15-/m1/s1. The van der Waals surface area contributed by atoms with E-state index in [1.807, 2.05) is 0 Å². The van der Waals surface area contributed by atoms with Crippen LogP contribution in [0.3, 0.4) is 0 Å². The molecule has 0 radical (unpaired) electrons. The first-order valence-corrected chi connectivity index (χ1v) is 8.67. The molecule has 0 bridgehead atoms. The van der Waals surface area contributed by atoms with E-state index in [-0.39, 0.29) is 6.04 Å². The smallest absolute Gasteiger partial charge is 0.309 e. The summed E-state index contributed by atoms with van der Waals surface area (Å²) in [6, 6.07) is 0.166. The van der Waals surface area contributed by atoms with E-state index >= 15 is 0 Å². The van der Waals surface area contributed by atoms with Gasteiger partial charge in [0, 0.05) is 12.6 Å². The lowest BCUT2D eigenvalue weighted by Gasteiger charge is -2.29. The van der Waals surface area contributed by atoms with Crippen LogP contribution in [0.4, 0.5) is 0 Å². The lowest BCUT2D eigenvalue weighted by atomic mass is 9.86. The predicted octanol–water partition coefficient (Wildman–Crippen LogP) is 3.01. The van der Waals surface area contributed by atoms with Crippen LogP contribution in [0.2, 0.25) is 0 Å². The Hall–Kier alpha value is -1.06. The van der Waals surface area contributed by atoms with Crippen molar-refractivity contribution in [3.63, 3.8) is 0 Å². The molecule has 21 heavy (non-hydrogen) atoms. The van der Waals surface area contributed by atoms with Gasteiger partial charge in [-0.3, -0.25) is 9.59 Å². The Morgan fingerprint density at radius 3 is 2.48 bits per heavy atom. The summed E-state index contributed by atoms with van der Waals surface area (Å²) < 4.78 is 0. The molecule has 3 atom stereocenters. The average Bonchev–Trinajstić information content (AvgIpc) is 2.49. The molecule has 0 aromatic carbocycles. The normalized spacial score (nSPS) is 23.4. The molecule has 4 heteroatoms. The minimum Gasteiger partial charge on any atom is -0.348 e. The maximum atomic E-state index is 11.9. The zero-order chi connectivity index (χ0) is 15.7. The van der Waals surface area contributed by atoms with Gasteiger partial charge in [-0.1, -0.05) is 52.9 Å². The van der Waals surface area contributed by atoms with Crippen LogP contribution in [-0.4, -0.2) is 24.4 Å². The van der Waals surface area contributed by atoms with Crippen molar-refractivity contribution < 1.29 is 9.59 Å². The van der Waals surface area contributed by atoms with E-state index < -0.39 is 11.8 Å². The van der Waals surface area contributed by atoms with E-state index in [0.29, 0.717) is 18.4 Å². The van der Waals surface area contributed by atoms with Crippen molar-refractivity contribution in [2.24, 2.45) is 11.8 Å². The number of unbranched alkanes of at least 4 members (excludes halogenated alkanes) is 1. The van der Waals surface area contributed by atoms with Crippen molar-refractivity contribution in [2.45, 2.75) is 78.2 Å². The van der Waals surface area contributed by atoms with Crippen LogP contribution in [0.5, 0.6) is 0 Å². The molecule has 0 spiro atoms. The van der Waals surface area contributed by atoms with Gasteiger partial charge in [0.1, 0.15) is 0 Å². The van der Waals surface area contributed by atoms with Gasteiger partial charge in [-0.2, -0.15) is 0 Å². The Bertz CT molecular complexity index is 331. The lowest BCUT2D eigenvalue weighted by molar-refractivity contribution is -0.140. The molecule has 0 saturated heterocycles. The van der Waals surface area contributed by atoms with Gasteiger partial charge in [-0.25, -0.2) is 0 Å². The Balaban J connectivity index is 2.31. The van der Waals surface area contributed by atoms with Gasteiger partial charge >= 0.3 is 11.8 Å². The molecule has 0 aromatic heterocycles. The second kappa shape index (κ2) is 9.80. The first kappa shape index (κ1) is 18.0. The number of rotatable bonds is 7. The molecule has 1 rings (SSSR count). The van der Waals surface area contributed by atoms with Crippen LogP contribution in [-0.2, 0) is 9.59 Å². The fourth-order valence-electron chi connectivity index (χ4n) is 3.03. The minimum absolute atomic E-state index is 0.166. The average molecular weight is 296 g/mol. The summed E-state index contributed by atoms with van der Waals surface area (Å²) in [6.07, 6.45) is 9.03. The summed E-state index contributed by atoms with van der Waals surface area (Å²) >= 11 is 0. The van der Waals surface area contributed by atoms with Gasteiger partial charge in [0.2, 0.25) is 0 Å². The van der Waals surface area contributed by atoms with E-state index in [9.17, 15) is 9.59 Å². The third-order valence-corrected chi connectivity index (χ3v) is 4.73. The van der Waals surface area contributed by atoms with E-state index in [1.54, 1.807) is 0 Å². The summed E-state index contributed by atoms with van der Waals surface area (Å²) in [5.41, 5.74) is 0. The Labute approximate surface area is 129 Å². The van der Waals surface area contributed by atoms with Gasteiger partial charge < -0.3 is 10.6 Å². The number of carbonyl (C=O) groups excluding carboxylic acids is 2. The van der Waals surface area contributed by atoms with Crippen LogP contribution in [0.25, 0.3) is 0 Å². The highest BCUT2D eigenvalue weighted by atomic mass is 16.2. The van der Waals surface area contributed by atoms with Crippen molar-refractivity contribution in [2.75, 3.05) is 6.54 Å². The Kier molecular flexibility index (Phi) is 8.40. The molecule has 0 aromatic rings. The second-order valence-corrected chi connectivity index (χ2v) is 6.47. The third kappa shape index (κ3) is 6.49. The van der Waals surface area contributed by atoms with Crippen molar-refractivity contribution in [1.82, 2.24) is 10.6 Å². The molecule has 4 nitrogen and oxygen atoms in total. The number of carbonyl (C=O) groups is 2. The fraction of sp³-hybridized carbons (Fsp3) is 0.882. The molecule has 1 aliphatic carbocycles. The first-order valence-electron chi connectivity index (χ1n) is 8.67. The quantitative estimate of drug-likeness (QED) is 0.710. The largest absolute Gasteiger partial charge is 0.348 e. The maximum absolute atomic E-state index is 11.9. The summed E-state index contributed by atoms with van der Waals surface area (Å²) in [5, 5.41) is 5.70. The molecule has 1 saturated carbocycles. The lowest BCUT2D eigenvalue weighted by Crippen LogP contribution is -2.48. The summed E-state index contributed by atoms with van der Waals surface area (Å²) in [6.45, 7) is 7.07. The third-order valence-electron chi connectivity index (χ3n) is 4.73. The van der Waals surface area contributed by atoms with E-state index in [0.717, 1.165) is 32.1 Å². The van der Waals surface area contributed by atoms with Crippen molar-refractivity contribution in [3.05, 3.63) is 0 Å². The Morgan fingerprint density at radius 1 is 1.14 bits per heavy atom. The molecular formula is C17H32N2O2. The summed E-state index contributed by atoms with van der Waals surface area (Å²) in [4.78, 5) is 23.8. The van der Waals surface area contributed by atoms with Crippen LogP contribution in [0, 0.1) is 11.8 Å². The highest BCUT2D eigenvalue weighted by Crippen LogP contribution is 2.23. The van der Waals surface area contributed by atoms with Crippen LogP contribution in [0.15, 0.2) is 0 Å². The van der Waals surface area contributed by atoms with E-state index in [4.69, 9.17) is 0 Å². The van der Waals surface area contributed by atoms with Crippen molar-refractivity contribution in [3.8, 4) is 0 Å². The number of amides is 2. The second-order valence-electron chi connectivity index (χ2n) is 6.47. The van der Waals surface area contributed by atoms with Gasteiger partial charge in [-0.15, -0.1) is 0 Å². The topological polar surface area (TPSA) is 58.2 Å². The summed E-state index contributed by atoms with van der Waals surface area (Å²) in [5.74, 6) is 0.0283. The molecule has 1 aliphatic rings. The fourth-order valence-corrected chi connectivity index (χ4v) is 3.03. The van der Waals surface area contributed by atoms with Crippen molar-refractivity contribution in [1.29, 1.82) is 0 Å². The molecule has 0 aliphatic heterocycles. The molecule has 0 unspecified atom stereocenters. The van der Waals surface area contributed by atoms with Crippen LogP contribution < -0.4 is 10.6 Å². The molecule has 2 amide bonds. The SMILES string of the molecule is CCCC[C@H](CC)CNC(=O)C(=O)N[C@@H]1CCCC[C@H]1C. The molecule has 1 fully saturated rings. The zero-order valence-electron chi connectivity index (χ0n) is 13.9. The first-order chi connectivity index (χ1) is 10.1. The van der Waals surface area contributed by atoms with Crippen molar-refractivity contribution >= 4 is 11.8 Å².